The van der Waals surface area contributed by atoms with E-state index in [9.17, 15) is 31.2 Å². The van der Waals surface area contributed by atoms with Crippen LogP contribution < -0.4 is 4.74 Å². The van der Waals surface area contributed by atoms with E-state index in [1.807, 2.05) is 0 Å². The number of sulfone groups is 1. The van der Waals surface area contributed by atoms with Crippen LogP contribution in [0.2, 0.25) is 0 Å². The van der Waals surface area contributed by atoms with Gasteiger partial charge >= 0.3 is 12.3 Å². The van der Waals surface area contributed by atoms with Gasteiger partial charge in [-0.05, 0) is 37.1 Å². The average Bonchev–Trinajstić information content (AvgIpc) is 2.98. The van der Waals surface area contributed by atoms with E-state index in [2.05, 4.69) is 4.74 Å². The number of likely N-dealkylation sites (N-methyl/N-ethyl adjacent to an activating group) is 1. The van der Waals surface area contributed by atoms with Gasteiger partial charge in [-0.15, -0.1) is 13.2 Å². The molecule has 0 aliphatic carbocycles. The van der Waals surface area contributed by atoms with Crippen LogP contribution in [0, 0.1) is 0 Å². The molecule has 0 radical (unpaired) electrons. The lowest BCUT2D eigenvalue weighted by Crippen LogP contribution is -2.43. The molecular weight excluding hydrogens is 415 g/mol. The van der Waals surface area contributed by atoms with Gasteiger partial charge in [-0.2, -0.15) is 0 Å². The number of hydrogen-bond donors (Lipinski definition) is 0. The van der Waals surface area contributed by atoms with Crippen molar-refractivity contribution < 1.29 is 40.7 Å². The molecule has 0 saturated carbocycles. The minimum atomic E-state index is -4.79. The molecule has 1 heterocycles. The van der Waals surface area contributed by atoms with Crippen molar-refractivity contribution in [3.8, 4) is 5.75 Å². The Morgan fingerprint density at radius 3 is 2.41 bits per heavy atom. The summed E-state index contributed by atoms with van der Waals surface area (Å²) in [6.45, 7) is 1.46. The van der Waals surface area contributed by atoms with Crippen LogP contribution >= 0.6 is 0 Å². The third-order valence-electron chi connectivity index (χ3n) is 4.17. The van der Waals surface area contributed by atoms with Gasteiger partial charge in [-0.25, -0.2) is 13.2 Å². The Balaban J connectivity index is 1.84. The van der Waals surface area contributed by atoms with Crippen LogP contribution in [0.3, 0.4) is 0 Å². The quantitative estimate of drug-likeness (QED) is 0.482. The lowest BCUT2D eigenvalue weighted by atomic mass is 10.2. The van der Waals surface area contributed by atoms with Gasteiger partial charge in [0, 0.05) is 18.7 Å². The monoisotopic (exact) mass is 435 g/mol. The zero-order chi connectivity index (χ0) is 21.7. The first-order chi connectivity index (χ1) is 13.5. The van der Waals surface area contributed by atoms with E-state index in [0.29, 0.717) is 18.5 Å². The highest BCUT2D eigenvalue weighted by molar-refractivity contribution is 7.91. The molecule has 0 unspecified atom stereocenters. The highest BCUT2D eigenvalue weighted by atomic mass is 32.2. The highest BCUT2D eigenvalue weighted by Crippen LogP contribution is 2.23. The van der Waals surface area contributed by atoms with E-state index in [4.69, 9.17) is 4.74 Å². The third-order valence-corrected chi connectivity index (χ3v) is 5.92. The van der Waals surface area contributed by atoms with Crippen molar-refractivity contribution in [1.29, 1.82) is 0 Å². The van der Waals surface area contributed by atoms with Crippen molar-refractivity contribution in [2.24, 2.45) is 0 Å². The van der Waals surface area contributed by atoms with Gasteiger partial charge in [-0.3, -0.25) is 4.79 Å². The van der Waals surface area contributed by atoms with E-state index in [-0.39, 0.29) is 11.5 Å². The number of hydrogen-bond acceptors (Lipinski definition) is 6. The molecule has 1 aromatic carbocycles. The Labute approximate surface area is 166 Å². The third kappa shape index (κ3) is 7.41. The van der Waals surface area contributed by atoms with E-state index in [0.717, 1.165) is 18.2 Å². The lowest BCUT2D eigenvalue weighted by Gasteiger charge is -2.26. The Hall–Kier alpha value is -2.56. The molecule has 7 nitrogen and oxygen atoms in total. The number of amides is 1. The summed E-state index contributed by atoms with van der Waals surface area (Å²) in [6.07, 6.45) is -2.10. The number of carbonyl (C=O) groups excluding carboxylic acids is 2. The Morgan fingerprint density at radius 1 is 1.24 bits per heavy atom. The maximum absolute atomic E-state index is 12.2. The molecular formula is C18H20F3NO6S. The van der Waals surface area contributed by atoms with Gasteiger partial charge in [0.1, 0.15) is 5.75 Å². The van der Waals surface area contributed by atoms with Gasteiger partial charge in [0.15, 0.2) is 16.4 Å². The minimum absolute atomic E-state index is 0.0246. The molecule has 1 saturated heterocycles. The first-order valence-corrected chi connectivity index (χ1v) is 10.5. The number of alkyl halides is 3. The first kappa shape index (κ1) is 22.7. The standard InChI is InChI=1S/C18H20F3NO6S/c1-2-22(14-9-10-29(25,26)12-14)16(23)11-27-17(24)8-5-13-3-6-15(7-4-13)28-18(19,20)21/h3-8,14H,2,9-12H2,1H3/b8-5+/t14-/m1/s1. The summed E-state index contributed by atoms with van der Waals surface area (Å²) in [6, 6.07) is 4.39. The van der Waals surface area contributed by atoms with Crippen molar-refractivity contribution in [2.75, 3.05) is 24.7 Å². The first-order valence-electron chi connectivity index (χ1n) is 8.69. The second-order valence-corrected chi connectivity index (χ2v) is 8.52. The number of nitrogens with zero attached hydrogens (tertiary/aromatic N) is 1. The van der Waals surface area contributed by atoms with Crippen molar-refractivity contribution in [1.82, 2.24) is 4.90 Å². The van der Waals surface area contributed by atoms with Gasteiger partial charge in [-0.1, -0.05) is 12.1 Å². The van der Waals surface area contributed by atoms with E-state index in [1.54, 1.807) is 6.92 Å². The number of halogens is 3. The van der Waals surface area contributed by atoms with Crippen LogP contribution in [-0.4, -0.2) is 62.3 Å². The Kier molecular flexibility index (Phi) is 7.28. The molecule has 160 valence electrons. The molecule has 1 fully saturated rings. The predicted molar refractivity (Wildman–Crippen MR) is 97.6 cm³/mol. The smallest absolute Gasteiger partial charge is 0.452 e. The maximum atomic E-state index is 12.2. The average molecular weight is 435 g/mol. The van der Waals surface area contributed by atoms with E-state index < -0.39 is 46.5 Å². The minimum Gasteiger partial charge on any atom is -0.452 e. The fraction of sp³-hybridized carbons (Fsp3) is 0.444. The molecule has 0 bridgehead atoms. The summed E-state index contributed by atoms with van der Waals surface area (Å²) in [5, 5.41) is 0. The number of esters is 1. The van der Waals surface area contributed by atoms with Crippen LogP contribution in [-0.2, 0) is 24.2 Å². The summed E-state index contributed by atoms with van der Waals surface area (Å²) in [4.78, 5) is 25.4. The number of rotatable bonds is 7. The second kappa shape index (κ2) is 9.29. The van der Waals surface area contributed by atoms with Crippen LogP contribution in [0.15, 0.2) is 30.3 Å². The van der Waals surface area contributed by atoms with Crippen LogP contribution in [0.25, 0.3) is 6.08 Å². The molecule has 0 spiro atoms. The molecule has 1 amide bonds. The molecule has 1 aromatic rings. The second-order valence-electron chi connectivity index (χ2n) is 6.29. The Bertz CT molecular complexity index is 865. The summed E-state index contributed by atoms with van der Waals surface area (Å²) in [5.74, 6) is -1.78. The van der Waals surface area contributed by atoms with Gasteiger partial charge in [0.25, 0.3) is 5.91 Å². The van der Waals surface area contributed by atoms with Crippen LogP contribution in [0.4, 0.5) is 13.2 Å². The molecule has 29 heavy (non-hydrogen) atoms. The lowest BCUT2D eigenvalue weighted by molar-refractivity contribution is -0.274. The summed E-state index contributed by atoms with van der Waals surface area (Å²) in [7, 11) is -3.15. The number of carbonyl (C=O) groups is 2. The molecule has 2 rings (SSSR count). The van der Waals surface area contributed by atoms with Crippen LogP contribution in [0.1, 0.15) is 18.9 Å². The van der Waals surface area contributed by atoms with Crippen molar-refractivity contribution in [2.45, 2.75) is 25.7 Å². The van der Waals surface area contributed by atoms with Crippen molar-refractivity contribution in [3.05, 3.63) is 35.9 Å². The van der Waals surface area contributed by atoms with Crippen molar-refractivity contribution >= 4 is 27.8 Å². The summed E-state index contributed by atoms with van der Waals surface area (Å²) < 4.78 is 68.1. The summed E-state index contributed by atoms with van der Waals surface area (Å²) >= 11 is 0. The number of ether oxygens (including phenoxy) is 2. The van der Waals surface area contributed by atoms with Gasteiger partial charge in [0.05, 0.1) is 11.5 Å². The summed E-state index contributed by atoms with van der Waals surface area (Å²) in [5.41, 5.74) is 0.425. The number of benzene rings is 1. The molecule has 1 aliphatic heterocycles. The van der Waals surface area contributed by atoms with Crippen LogP contribution in [0.5, 0.6) is 5.75 Å². The zero-order valence-electron chi connectivity index (χ0n) is 15.5. The van der Waals surface area contributed by atoms with Gasteiger partial charge in [0.2, 0.25) is 0 Å². The zero-order valence-corrected chi connectivity index (χ0v) is 16.3. The van der Waals surface area contributed by atoms with Gasteiger partial charge < -0.3 is 14.4 Å². The topological polar surface area (TPSA) is 90.0 Å². The Morgan fingerprint density at radius 2 is 1.90 bits per heavy atom. The predicted octanol–water partition coefficient (Wildman–Crippen LogP) is 2.18. The molecule has 1 aliphatic rings. The maximum Gasteiger partial charge on any atom is 0.573 e. The SMILES string of the molecule is CCN(C(=O)COC(=O)/C=C/c1ccc(OC(F)(F)F)cc1)[C@@H]1CCS(=O)(=O)C1. The molecule has 0 aromatic heterocycles. The van der Waals surface area contributed by atoms with E-state index >= 15 is 0 Å². The fourth-order valence-corrected chi connectivity index (χ4v) is 4.60. The van der Waals surface area contributed by atoms with E-state index in [1.165, 1.54) is 23.1 Å². The van der Waals surface area contributed by atoms with Crippen molar-refractivity contribution in [3.63, 3.8) is 0 Å². The molecule has 0 N–H and O–H groups in total. The molecule has 11 heteroatoms. The molecule has 1 atom stereocenters. The normalized spacial score (nSPS) is 18.6. The highest BCUT2D eigenvalue weighted by Gasteiger charge is 2.34. The fourth-order valence-electron chi connectivity index (χ4n) is 2.87. The largest absolute Gasteiger partial charge is 0.573 e.